The molecule has 2 aliphatic rings. The molecule has 0 aromatic rings. The Balaban J connectivity index is 0.00000144. The van der Waals surface area contributed by atoms with E-state index in [1.807, 2.05) is 13.8 Å². The van der Waals surface area contributed by atoms with Crippen LogP contribution in [0.5, 0.6) is 0 Å². The molecular formula is C11H16N2NaO3. The van der Waals surface area contributed by atoms with E-state index in [1.54, 1.807) is 0 Å². The molecule has 0 aromatic carbocycles. The molecule has 5 nitrogen and oxygen atoms in total. The number of urea groups is 1. The van der Waals surface area contributed by atoms with Gasteiger partial charge in [-0.05, 0) is 24.7 Å². The fourth-order valence-electron chi connectivity index (χ4n) is 3.06. The molecule has 6 heteroatoms. The maximum absolute atomic E-state index is 12.0. The predicted octanol–water partition coefficient (Wildman–Crippen LogP) is 0.414. The smallest absolute Gasteiger partial charge is 0.277 e. The summed E-state index contributed by atoms with van der Waals surface area (Å²) in [5.74, 6) is -0.553. The van der Waals surface area contributed by atoms with Crippen molar-refractivity contribution in [1.82, 2.24) is 10.6 Å². The summed E-state index contributed by atoms with van der Waals surface area (Å²) < 4.78 is 0. The Bertz CT molecular complexity index is 348. The Kier molecular flexibility index (Phi) is 4.38. The summed E-state index contributed by atoms with van der Waals surface area (Å²) in [4.78, 5) is 35.0. The van der Waals surface area contributed by atoms with E-state index in [-0.39, 0.29) is 41.4 Å². The first-order chi connectivity index (χ1) is 7.48. The Morgan fingerprint density at radius 2 is 1.71 bits per heavy atom. The van der Waals surface area contributed by atoms with Gasteiger partial charge in [0, 0.05) is 29.6 Å². The average molecular weight is 247 g/mol. The van der Waals surface area contributed by atoms with Crippen LogP contribution in [0.2, 0.25) is 0 Å². The van der Waals surface area contributed by atoms with Crippen molar-refractivity contribution < 1.29 is 14.4 Å². The normalized spacial score (nSPS) is 26.8. The maximum atomic E-state index is 12.0. The molecule has 17 heavy (non-hydrogen) atoms. The van der Waals surface area contributed by atoms with Crippen LogP contribution in [-0.2, 0) is 9.59 Å². The Morgan fingerprint density at radius 3 is 2.18 bits per heavy atom. The summed E-state index contributed by atoms with van der Waals surface area (Å²) >= 11 is 0. The first-order valence-electron chi connectivity index (χ1n) is 5.65. The van der Waals surface area contributed by atoms with Gasteiger partial charge in [-0.1, -0.05) is 20.3 Å². The van der Waals surface area contributed by atoms with Gasteiger partial charge in [0.2, 0.25) is 11.8 Å². The zero-order valence-electron chi connectivity index (χ0n) is 10.5. The van der Waals surface area contributed by atoms with E-state index >= 15 is 0 Å². The Morgan fingerprint density at radius 1 is 1.18 bits per heavy atom. The van der Waals surface area contributed by atoms with Gasteiger partial charge in [-0.3, -0.25) is 20.2 Å². The second-order valence-corrected chi connectivity index (χ2v) is 4.95. The third kappa shape index (κ3) is 2.16. The zero-order valence-corrected chi connectivity index (χ0v) is 12.5. The van der Waals surface area contributed by atoms with Crippen LogP contribution >= 0.6 is 0 Å². The molecule has 0 bridgehead atoms. The minimum absolute atomic E-state index is 0. The molecule has 1 atom stereocenters. The fraction of sp³-hybridized carbons (Fsp3) is 0.727. The number of imide groups is 2. The minimum atomic E-state index is -1.01. The summed E-state index contributed by atoms with van der Waals surface area (Å²) in [7, 11) is 0. The summed E-state index contributed by atoms with van der Waals surface area (Å²) in [5.41, 5.74) is -1.01. The molecule has 1 radical (unpaired) electrons. The van der Waals surface area contributed by atoms with Gasteiger partial charge in [-0.25, -0.2) is 4.79 Å². The SMILES string of the molecule is CC(C)C1CCCC12C(=O)NC(=O)NC2=O.[Na]. The van der Waals surface area contributed by atoms with Crippen molar-refractivity contribution in [2.45, 2.75) is 33.1 Å². The molecule has 4 amide bonds. The van der Waals surface area contributed by atoms with Crippen LogP contribution in [0.25, 0.3) is 0 Å². The molecular weight excluding hydrogens is 231 g/mol. The van der Waals surface area contributed by atoms with Crippen LogP contribution in [0.15, 0.2) is 0 Å². The van der Waals surface area contributed by atoms with E-state index in [4.69, 9.17) is 0 Å². The number of hydrogen-bond donors (Lipinski definition) is 2. The first kappa shape index (κ1) is 14.7. The summed E-state index contributed by atoms with van der Waals surface area (Å²) in [6.07, 6.45) is 2.27. The Labute approximate surface area is 122 Å². The van der Waals surface area contributed by atoms with Gasteiger partial charge < -0.3 is 0 Å². The van der Waals surface area contributed by atoms with Gasteiger partial charge in [0.05, 0.1) is 0 Å². The van der Waals surface area contributed by atoms with E-state index in [0.717, 1.165) is 12.8 Å². The minimum Gasteiger partial charge on any atom is -0.277 e. The summed E-state index contributed by atoms with van der Waals surface area (Å²) in [6.45, 7) is 4.02. The number of hydrogen-bond acceptors (Lipinski definition) is 3. The van der Waals surface area contributed by atoms with E-state index < -0.39 is 23.3 Å². The number of barbiturate groups is 1. The van der Waals surface area contributed by atoms with Gasteiger partial charge in [0.15, 0.2) is 0 Å². The van der Waals surface area contributed by atoms with Crippen LogP contribution in [0.4, 0.5) is 4.79 Å². The third-order valence-electron chi connectivity index (χ3n) is 3.79. The van der Waals surface area contributed by atoms with Crippen molar-refractivity contribution in [1.29, 1.82) is 0 Å². The zero-order chi connectivity index (χ0) is 11.9. The van der Waals surface area contributed by atoms with Crippen molar-refractivity contribution in [2.24, 2.45) is 17.3 Å². The van der Waals surface area contributed by atoms with Crippen LogP contribution < -0.4 is 10.6 Å². The monoisotopic (exact) mass is 247 g/mol. The molecule has 1 spiro atoms. The third-order valence-corrected chi connectivity index (χ3v) is 3.79. The van der Waals surface area contributed by atoms with Gasteiger partial charge in [0.1, 0.15) is 5.41 Å². The van der Waals surface area contributed by atoms with Crippen molar-refractivity contribution in [2.75, 3.05) is 0 Å². The van der Waals surface area contributed by atoms with Crippen molar-refractivity contribution in [3.8, 4) is 0 Å². The van der Waals surface area contributed by atoms with Crippen molar-refractivity contribution in [3.05, 3.63) is 0 Å². The second kappa shape index (κ2) is 5.08. The van der Waals surface area contributed by atoms with E-state index in [1.165, 1.54) is 0 Å². The topological polar surface area (TPSA) is 75.3 Å². The van der Waals surface area contributed by atoms with Crippen LogP contribution in [0.1, 0.15) is 33.1 Å². The molecule has 1 saturated carbocycles. The number of amides is 4. The molecule has 2 N–H and O–H groups in total. The van der Waals surface area contributed by atoms with Gasteiger partial charge in [-0.2, -0.15) is 0 Å². The number of nitrogens with one attached hydrogen (secondary N) is 2. The maximum Gasteiger partial charge on any atom is 0.328 e. The molecule has 2 rings (SSSR count). The van der Waals surface area contributed by atoms with Crippen LogP contribution in [0, 0.1) is 17.3 Å². The van der Waals surface area contributed by atoms with Crippen molar-refractivity contribution in [3.63, 3.8) is 0 Å². The van der Waals surface area contributed by atoms with Crippen molar-refractivity contribution >= 4 is 47.4 Å². The number of carbonyl (C=O) groups is 3. The predicted molar refractivity (Wildman–Crippen MR) is 62.0 cm³/mol. The van der Waals surface area contributed by atoms with E-state index in [9.17, 15) is 14.4 Å². The quantitative estimate of drug-likeness (QED) is 0.520. The standard InChI is InChI=1S/C11H16N2O3.Na/c1-6(2)7-4-3-5-11(7)8(14)12-10(16)13-9(11)15;/h6-7H,3-5H2,1-2H3,(H2,12,13,14,15,16);. The molecule has 1 heterocycles. The average Bonchev–Trinajstić information content (AvgIpc) is 2.59. The molecule has 1 aliphatic heterocycles. The molecule has 1 unspecified atom stereocenters. The number of carbonyl (C=O) groups excluding carboxylic acids is 3. The molecule has 0 aromatic heterocycles. The summed E-state index contributed by atoms with van der Waals surface area (Å²) in [6, 6.07) is -0.699. The van der Waals surface area contributed by atoms with Gasteiger partial charge in [-0.15, -0.1) is 0 Å². The molecule has 1 aliphatic carbocycles. The van der Waals surface area contributed by atoms with E-state index in [2.05, 4.69) is 10.6 Å². The van der Waals surface area contributed by atoms with Gasteiger partial charge >= 0.3 is 6.03 Å². The molecule has 2 fully saturated rings. The second-order valence-electron chi connectivity index (χ2n) is 4.95. The van der Waals surface area contributed by atoms with E-state index in [0.29, 0.717) is 6.42 Å². The molecule has 89 valence electrons. The van der Waals surface area contributed by atoms with Crippen LogP contribution in [-0.4, -0.2) is 47.4 Å². The summed E-state index contributed by atoms with van der Waals surface area (Å²) in [5, 5.41) is 4.43. The fourth-order valence-corrected chi connectivity index (χ4v) is 3.06. The van der Waals surface area contributed by atoms with Gasteiger partial charge in [0.25, 0.3) is 0 Å². The largest absolute Gasteiger partial charge is 0.328 e. The number of rotatable bonds is 1. The first-order valence-corrected chi connectivity index (χ1v) is 5.65. The molecule has 1 saturated heterocycles. The Hall–Kier alpha value is -0.390. The van der Waals surface area contributed by atoms with Crippen LogP contribution in [0.3, 0.4) is 0 Å².